The number of rotatable bonds is 7. The molecule has 0 radical (unpaired) electrons. The molecule has 1 rings (SSSR count). The third-order valence-electron chi connectivity index (χ3n) is 3.79. The molecule has 20 heavy (non-hydrogen) atoms. The van der Waals surface area contributed by atoms with Crippen LogP contribution in [0.1, 0.15) is 33.1 Å². The first-order chi connectivity index (χ1) is 9.65. The lowest BCUT2D eigenvalue weighted by atomic mass is 9.94. The maximum absolute atomic E-state index is 5.14. The first kappa shape index (κ1) is 17.2. The molecule has 1 aliphatic rings. The molecule has 1 aliphatic heterocycles. The molecule has 0 saturated carbocycles. The van der Waals surface area contributed by atoms with Crippen LogP contribution < -0.4 is 10.6 Å². The van der Waals surface area contributed by atoms with Crippen LogP contribution >= 0.6 is 0 Å². The Balaban J connectivity index is 2.30. The number of hydrogen-bond acceptors (Lipinski definition) is 3. The van der Waals surface area contributed by atoms with Crippen molar-refractivity contribution in [3.63, 3.8) is 0 Å². The number of methoxy groups -OCH3 is 1. The summed E-state index contributed by atoms with van der Waals surface area (Å²) in [5.41, 5.74) is 0. The Bertz CT molecular complexity index is 275. The minimum absolute atomic E-state index is 0.279. The Kier molecular flexibility index (Phi) is 8.62. The summed E-state index contributed by atoms with van der Waals surface area (Å²) >= 11 is 0. The van der Waals surface area contributed by atoms with Gasteiger partial charge >= 0.3 is 0 Å². The second-order valence-corrected chi connectivity index (χ2v) is 5.80. The maximum atomic E-state index is 5.14. The van der Waals surface area contributed by atoms with E-state index in [0.29, 0.717) is 6.61 Å². The highest BCUT2D eigenvalue weighted by atomic mass is 16.5. The van der Waals surface area contributed by atoms with E-state index in [1.807, 2.05) is 0 Å². The molecule has 2 N–H and O–H groups in total. The number of nitrogens with zero attached hydrogens (tertiary/aromatic N) is 2. The number of likely N-dealkylation sites (tertiary alicyclic amines) is 1. The minimum atomic E-state index is 0.279. The molecule has 1 saturated heterocycles. The third kappa shape index (κ3) is 7.10. The largest absolute Gasteiger partial charge is 0.383 e. The van der Waals surface area contributed by atoms with Crippen molar-refractivity contribution in [1.29, 1.82) is 0 Å². The van der Waals surface area contributed by atoms with Gasteiger partial charge in [0.1, 0.15) is 0 Å². The summed E-state index contributed by atoms with van der Waals surface area (Å²) in [5.74, 6) is 1.75. The smallest absolute Gasteiger partial charge is 0.191 e. The fourth-order valence-corrected chi connectivity index (χ4v) is 2.55. The van der Waals surface area contributed by atoms with Crippen molar-refractivity contribution in [1.82, 2.24) is 15.5 Å². The van der Waals surface area contributed by atoms with Crippen molar-refractivity contribution in [2.75, 3.05) is 46.9 Å². The summed E-state index contributed by atoms with van der Waals surface area (Å²) in [5, 5.41) is 6.66. The quantitative estimate of drug-likeness (QED) is 0.547. The van der Waals surface area contributed by atoms with Crippen LogP contribution in [0.3, 0.4) is 0 Å². The zero-order valence-electron chi connectivity index (χ0n) is 13.6. The average molecular weight is 284 g/mol. The van der Waals surface area contributed by atoms with E-state index in [4.69, 9.17) is 4.74 Å². The third-order valence-corrected chi connectivity index (χ3v) is 3.79. The average Bonchev–Trinajstić information content (AvgIpc) is 2.41. The highest BCUT2D eigenvalue weighted by Crippen LogP contribution is 2.19. The van der Waals surface area contributed by atoms with Crippen LogP contribution in [0.15, 0.2) is 4.99 Å². The molecule has 0 aromatic carbocycles. The SMILES string of the molecule is CCNC(=NCCC1CCN(C)CC1)NC(C)COC. The molecule has 5 nitrogen and oxygen atoms in total. The van der Waals surface area contributed by atoms with Gasteiger partial charge in [-0.25, -0.2) is 0 Å². The standard InChI is InChI=1S/C15H32N4O/c1-5-16-15(18-13(2)12-20-4)17-9-6-14-7-10-19(3)11-8-14/h13-14H,5-12H2,1-4H3,(H2,16,17,18). The first-order valence-corrected chi connectivity index (χ1v) is 7.88. The number of aliphatic imine (C=N–C) groups is 1. The van der Waals surface area contributed by atoms with E-state index in [2.05, 4.69) is 41.4 Å². The van der Waals surface area contributed by atoms with E-state index in [0.717, 1.165) is 25.0 Å². The molecule has 0 amide bonds. The van der Waals surface area contributed by atoms with E-state index in [-0.39, 0.29) is 6.04 Å². The van der Waals surface area contributed by atoms with E-state index in [9.17, 15) is 0 Å². The number of piperidine rings is 1. The molecule has 1 unspecified atom stereocenters. The van der Waals surface area contributed by atoms with Crippen molar-refractivity contribution >= 4 is 5.96 Å². The maximum Gasteiger partial charge on any atom is 0.191 e. The van der Waals surface area contributed by atoms with Gasteiger partial charge in [0, 0.05) is 26.2 Å². The molecule has 0 bridgehead atoms. The summed E-state index contributed by atoms with van der Waals surface area (Å²) in [6.07, 6.45) is 3.83. The fourth-order valence-electron chi connectivity index (χ4n) is 2.55. The van der Waals surface area contributed by atoms with Gasteiger partial charge in [-0.05, 0) is 59.2 Å². The number of hydrogen-bond donors (Lipinski definition) is 2. The summed E-state index contributed by atoms with van der Waals surface area (Å²) in [6, 6.07) is 0.279. The fraction of sp³-hybridized carbons (Fsp3) is 0.933. The molecule has 0 aromatic rings. The zero-order valence-corrected chi connectivity index (χ0v) is 13.6. The van der Waals surface area contributed by atoms with Gasteiger partial charge < -0.3 is 20.3 Å². The van der Waals surface area contributed by atoms with Crippen molar-refractivity contribution in [2.24, 2.45) is 10.9 Å². The summed E-state index contributed by atoms with van der Waals surface area (Å²) < 4.78 is 5.14. The molecule has 5 heteroatoms. The van der Waals surface area contributed by atoms with Gasteiger partial charge in [-0.3, -0.25) is 4.99 Å². The monoisotopic (exact) mass is 284 g/mol. The van der Waals surface area contributed by atoms with Crippen molar-refractivity contribution in [3.05, 3.63) is 0 Å². The number of guanidine groups is 1. The van der Waals surface area contributed by atoms with Crippen LogP contribution in [-0.2, 0) is 4.74 Å². The van der Waals surface area contributed by atoms with Crippen LogP contribution in [0.4, 0.5) is 0 Å². The Hall–Kier alpha value is -0.810. The van der Waals surface area contributed by atoms with E-state index >= 15 is 0 Å². The van der Waals surface area contributed by atoms with Crippen molar-refractivity contribution < 1.29 is 4.74 Å². The first-order valence-electron chi connectivity index (χ1n) is 7.88. The van der Waals surface area contributed by atoms with Crippen LogP contribution in [-0.4, -0.2) is 63.8 Å². The molecular weight excluding hydrogens is 252 g/mol. The van der Waals surface area contributed by atoms with E-state index < -0.39 is 0 Å². The summed E-state index contributed by atoms with van der Waals surface area (Å²) in [7, 11) is 3.93. The van der Waals surface area contributed by atoms with Crippen LogP contribution in [0.2, 0.25) is 0 Å². The molecule has 1 heterocycles. The van der Waals surface area contributed by atoms with Crippen LogP contribution in [0.25, 0.3) is 0 Å². The molecule has 1 atom stereocenters. The predicted molar refractivity (Wildman–Crippen MR) is 85.3 cm³/mol. The normalized spacial score (nSPS) is 19.9. The number of ether oxygens (including phenoxy) is 1. The minimum Gasteiger partial charge on any atom is -0.383 e. The molecule has 1 fully saturated rings. The lowest BCUT2D eigenvalue weighted by Gasteiger charge is -2.28. The summed E-state index contributed by atoms with van der Waals surface area (Å²) in [4.78, 5) is 7.09. The highest BCUT2D eigenvalue weighted by Gasteiger charge is 2.16. The van der Waals surface area contributed by atoms with Gasteiger partial charge in [-0.2, -0.15) is 0 Å². The van der Waals surface area contributed by atoms with Crippen molar-refractivity contribution in [2.45, 2.75) is 39.2 Å². The van der Waals surface area contributed by atoms with Gasteiger partial charge in [0.2, 0.25) is 0 Å². The summed E-state index contributed by atoms with van der Waals surface area (Å²) in [6.45, 7) is 9.15. The zero-order chi connectivity index (χ0) is 14.8. The predicted octanol–water partition coefficient (Wildman–Crippen LogP) is 1.31. The molecule has 0 spiro atoms. The Morgan fingerprint density at radius 2 is 2.10 bits per heavy atom. The van der Waals surface area contributed by atoms with Crippen LogP contribution in [0, 0.1) is 5.92 Å². The molecule has 0 aliphatic carbocycles. The Morgan fingerprint density at radius 1 is 1.40 bits per heavy atom. The Morgan fingerprint density at radius 3 is 2.70 bits per heavy atom. The van der Waals surface area contributed by atoms with Gasteiger partial charge in [0.25, 0.3) is 0 Å². The van der Waals surface area contributed by atoms with E-state index in [1.165, 1.54) is 32.4 Å². The van der Waals surface area contributed by atoms with Gasteiger partial charge in [-0.15, -0.1) is 0 Å². The van der Waals surface area contributed by atoms with Crippen LogP contribution in [0.5, 0.6) is 0 Å². The Labute approximate surface area is 124 Å². The lowest BCUT2D eigenvalue weighted by Crippen LogP contribution is -2.44. The molecule has 0 aromatic heterocycles. The molecule has 118 valence electrons. The van der Waals surface area contributed by atoms with Gasteiger partial charge in [0.15, 0.2) is 5.96 Å². The second kappa shape index (κ2) is 10.00. The highest BCUT2D eigenvalue weighted by molar-refractivity contribution is 5.80. The van der Waals surface area contributed by atoms with Crippen molar-refractivity contribution in [3.8, 4) is 0 Å². The topological polar surface area (TPSA) is 48.9 Å². The molecular formula is C15H32N4O. The number of nitrogens with one attached hydrogen (secondary N) is 2. The van der Waals surface area contributed by atoms with Gasteiger partial charge in [0.05, 0.1) is 6.61 Å². The second-order valence-electron chi connectivity index (χ2n) is 5.80. The lowest BCUT2D eigenvalue weighted by molar-refractivity contribution is 0.179. The van der Waals surface area contributed by atoms with Gasteiger partial charge in [-0.1, -0.05) is 0 Å². The van der Waals surface area contributed by atoms with E-state index in [1.54, 1.807) is 7.11 Å².